The van der Waals surface area contributed by atoms with Crippen LogP contribution in [0.5, 0.6) is 0 Å². The van der Waals surface area contributed by atoms with Crippen LogP contribution in [-0.4, -0.2) is 40.7 Å². The first-order chi connectivity index (χ1) is 9.41. The van der Waals surface area contributed by atoms with Crippen molar-refractivity contribution in [3.63, 3.8) is 0 Å². The summed E-state index contributed by atoms with van der Waals surface area (Å²) in [5, 5.41) is 7.30. The Labute approximate surface area is 128 Å². The van der Waals surface area contributed by atoms with E-state index in [0.29, 0.717) is 0 Å². The minimum Gasteiger partial charge on any atom is -0.359 e. The van der Waals surface area contributed by atoms with Gasteiger partial charge in [0, 0.05) is 27.2 Å². The number of amides is 1. The Kier molecular flexibility index (Phi) is 4.54. The zero-order chi connectivity index (χ0) is 14.9. The zero-order valence-electron chi connectivity index (χ0n) is 12.7. The van der Waals surface area contributed by atoms with E-state index in [2.05, 4.69) is 38.2 Å². The Hall–Kier alpha value is -0.880. The predicted octanol–water partition coefficient (Wildman–Crippen LogP) is 1.70. The first-order valence-electron chi connectivity index (χ1n) is 7.06. The van der Waals surface area contributed by atoms with Gasteiger partial charge >= 0.3 is 0 Å². The van der Waals surface area contributed by atoms with E-state index >= 15 is 0 Å². The Morgan fingerprint density at radius 2 is 2.25 bits per heavy atom. The molecule has 0 spiro atoms. The van der Waals surface area contributed by atoms with E-state index in [-0.39, 0.29) is 11.3 Å². The van der Waals surface area contributed by atoms with Crippen LogP contribution in [0.25, 0.3) is 0 Å². The Bertz CT molecular complexity index is 514. The number of aryl methyl sites for hydroxylation is 2. The van der Waals surface area contributed by atoms with Crippen LogP contribution >= 0.6 is 15.9 Å². The highest BCUT2D eigenvalue weighted by atomic mass is 79.9. The molecule has 1 aliphatic rings. The molecule has 1 aliphatic heterocycles. The lowest BCUT2D eigenvalue weighted by Gasteiger charge is -2.22. The number of nitrogens with one attached hydrogen (secondary N) is 1. The number of likely N-dealkylation sites (tertiary alicyclic amines) is 1. The molecule has 2 heterocycles. The third-order valence-electron chi connectivity index (χ3n) is 4.20. The fourth-order valence-electron chi connectivity index (χ4n) is 2.88. The molecule has 1 unspecified atom stereocenters. The van der Waals surface area contributed by atoms with Gasteiger partial charge in [-0.3, -0.25) is 14.4 Å². The van der Waals surface area contributed by atoms with Crippen molar-refractivity contribution in [2.24, 2.45) is 12.5 Å². The molecule has 1 amide bonds. The second kappa shape index (κ2) is 5.85. The fourth-order valence-corrected chi connectivity index (χ4v) is 3.62. The summed E-state index contributed by atoms with van der Waals surface area (Å²) in [7, 11) is 3.69. The van der Waals surface area contributed by atoms with Crippen LogP contribution in [-0.2, 0) is 24.8 Å². The van der Waals surface area contributed by atoms with Crippen molar-refractivity contribution in [3.05, 3.63) is 15.9 Å². The van der Waals surface area contributed by atoms with E-state index in [4.69, 9.17) is 0 Å². The lowest BCUT2D eigenvalue weighted by molar-refractivity contribution is -0.129. The maximum Gasteiger partial charge on any atom is 0.227 e. The largest absolute Gasteiger partial charge is 0.359 e. The van der Waals surface area contributed by atoms with Crippen LogP contribution in [0.4, 0.5) is 0 Å². The van der Waals surface area contributed by atoms with Gasteiger partial charge in [0.2, 0.25) is 5.91 Å². The number of hydrogen-bond acceptors (Lipinski definition) is 3. The second-order valence-corrected chi connectivity index (χ2v) is 6.58. The molecule has 2 rings (SSSR count). The van der Waals surface area contributed by atoms with E-state index in [1.807, 2.05) is 18.7 Å². The first-order valence-corrected chi connectivity index (χ1v) is 7.85. The summed E-state index contributed by atoms with van der Waals surface area (Å²) in [4.78, 5) is 14.3. The molecule has 0 saturated carbocycles. The predicted molar refractivity (Wildman–Crippen MR) is 82.4 cm³/mol. The quantitative estimate of drug-likeness (QED) is 0.905. The molecule has 112 valence electrons. The van der Waals surface area contributed by atoms with E-state index in [1.54, 1.807) is 7.05 Å². The molecule has 1 atom stereocenters. The fraction of sp³-hybridized carbons (Fsp3) is 0.714. The highest BCUT2D eigenvalue weighted by Crippen LogP contribution is 2.32. The number of carbonyl (C=O) groups is 1. The van der Waals surface area contributed by atoms with Crippen LogP contribution < -0.4 is 5.32 Å². The van der Waals surface area contributed by atoms with Gasteiger partial charge in [0.25, 0.3) is 0 Å². The zero-order valence-corrected chi connectivity index (χ0v) is 14.2. The third kappa shape index (κ3) is 2.76. The molecule has 0 aliphatic carbocycles. The van der Waals surface area contributed by atoms with Gasteiger partial charge in [-0.05, 0) is 42.2 Å². The smallest absolute Gasteiger partial charge is 0.227 e. The van der Waals surface area contributed by atoms with E-state index in [0.717, 1.165) is 42.6 Å². The average molecular weight is 343 g/mol. The Balaban J connectivity index is 2.10. The summed E-state index contributed by atoms with van der Waals surface area (Å²) in [6, 6.07) is 0. The van der Waals surface area contributed by atoms with Crippen molar-refractivity contribution in [2.45, 2.75) is 33.2 Å². The summed E-state index contributed by atoms with van der Waals surface area (Å²) in [6.45, 7) is 6.72. The molecule has 1 aromatic heterocycles. The monoisotopic (exact) mass is 342 g/mol. The normalized spacial score (nSPS) is 23.2. The molecular weight excluding hydrogens is 320 g/mol. The average Bonchev–Trinajstić information content (AvgIpc) is 2.94. The summed E-state index contributed by atoms with van der Waals surface area (Å²) in [5.74, 6) is 0.137. The minimum absolute atomic E-state index is 0.137. The SMILES string of the molecule is CCc1nn(C)c(CN2CCC(C)(C(=O)NC)C2)c1Br. The molecule has 6 heteroatoms. The maximum absolute atomic E-state index is 12.0. The number of carbonyl (C=O) groups excluding carboxylic acids is 1. The van der Waals surface area contributed by atoms with Crippen molar-refractivity contribution < 1.29 is 4.79 Å². The van der Waals surface area contributed by atoms with E-state index < -0.39 is 0 Å². The summed E-state index contributed by atoms with van der Waals surface area (Å²) < 4.78 is 3.05. The van der Waals surface area contributed by atoms with Gasteiger partial charge in [-0.25, -0.2) is 0 Å². The van der Waals surface area contributed by atoms with Crippen molar-refractivity contribution >= 4 is 21.8 Å². The molecule has 5 nitrogen and oxygen atoms in total. The summed E-state index contributed by atoms with van der Waals surface area (Å²) in [5.41, 5.74) is 2.01. The molecule has 1 aromatic rings. The van der Waals surface area contributed by atoms with E-state index in [9.17, 15) is 4.79 Å². The topological polar surface area (TPSA) is 50.2 Å². The standard InChI is InChI=1S/C14H23BrN4O/c1-5-10-12(15)11(18(4)17-10)8-19-7-6-14(2,9-19)13(20)16-3/h5-9H2,1-4H3,(H,16,20). The van der Waals surface area contributed by atoms with Crippen LogP contribution in [0.1, 0.15) is 31.7 Å². The van der Waals surface area contributed by atoms with Crippen LogP contribution in [0.3, 0.4) is 0 Å². The first kappa shape index (κ1) is 15.5. The van der Waals surface area contributed by atoms with Crippen LogP contribution in [0.15, 0.2) is 4.47 Å². The van der Waals surface area contributed by atoms with Crippen molar-refractivity contribution in [1.29, 1.82) is 0 Å². The maximum atomic E-state index is 12.0. The van der Waals surface area contributed by atoms with Gasteiger partial charge in [-0.1, -0.05) is 6.92 Å². The molecule has 0 aromatic carbocycles. The highest BCUT2D eigenvalue weighted by molar-refractivity contribution is 9.10. The Morgan fingerprint density at radius 3 is 2.80 bits per heavy atom. The van der Waals surface area contributed by atoms with Gasteiger partial charge in [0.15, 0.2) is 0 Å². The lowest BCUT2D eigenvalue weighted by Crippen LogP contribution is -2.39. The Morgan fingerprint density at radius 1 is 1.55 bits per heavy atom. The number of nitrogens with zero attached hydrogens (tertiary/aromatic N) is 3. The van der Waals surface area contributed by atoms with Crippen LogP contribution in [0.2, 0.25) is 0 Å². The molecule has 1 N–H and O–H groups in total. The van der Waals surface area contributed by atoms with Gasteiger partial charge in [0.05, 0.1) is 21.3 Å². The number of halogens is 1. The molecule has 0 bridgehead atoms. The minimum atomic E-state index is -0.270. The van der Waals surface area contributed by atoms with Crippen LogP contribution in [0, 0.1) is 5.41 Å². The second-order valence-electron chi connectivity index (χ2n) is 5.78. The highest BCUT2D eigenvalue weighted by Gasteiger charge is 2.40. The van der Waals surface area contributed by atoms with Crippen molar-refractivity contribution in [3.8, 4) is 0 Å². The van der Waals surface area contributed by atoms with Gasteiger partial charge in [-0.15, -0.1) is 0 Å². The number of rotatable bonds is 4. The molecule has 1 saturated heterocycles. The lowest BCUT2D eigenvalue weighted by atomic mass is 9.89. The van der Waals surface area contributed by atoms with Gasteiger partial charge in [0.1, 0.15) is 0 Å². The summed E-state index contributed by atoms with van der Waals surface area (Å²) >= 11 is 3.65. The van der Waals surface area contributed by atoms with Gasteiger partial charge in [-0.2, -0.15) is 5.10 Å². The molecule has 20 heavy (non-hydrogen) atoms. The molecule has 0 radical (unpaired) electrons. The molecule has 1 fully saturated rings. The van der Waals surface area contributed by atoms with Crippen molar-refractivity contribution in [2.75, 3.05) is 20.1 Å². The molecular formula is C14H23BrN4O. The van der Waals surface area contributed by atoms with Gasteiger partial charge < -0.3 is 5.32 Å². The number of aromatic nitrogens is 2. The third-order valence-corrected chi connectivity index (χ3v) is 5.12. The number of hydrogen-bond donors (Lipinski definition) is 1. The summed E-state index contributed by atoms with van der Waals surface area (Å²) in [6.07, 6.45) is 1.83. The van der Waals surface area contributed by atoms with E-state index in [1.165, 1.54) is 5.69 Å². The van der Waals surface area contributed by atoms with Crippen molar-refractivity contribution in [1.82, 2.24) is 20.0 Å².